The van der Waals surface area contributed by atoms with E-state index in [0.717, 1.165) is 223 Å². The maximum absolute atomic E-state index is 6.53. The molecule has 0 unspecified atom stereocenters. The molecule has 2 heterocycles. The first-order valence-corrected chi connectivity index (χ1v) is 45.7. The van der Waals surface area contributed by atoms with Crippen molar-refractivity contribution in [2.45, 2.75) is 72.1 Å². The molecule has 14 nitrogen and oxygen atoms in total. The summed E-state index contributed by atoms with van der Waals surface area (Å²) in [6.45, 7) is 15.2. The van der Waals surface area contributed by atoms with Crippen molar-refractivity contribution in [3.63, 3.8) is 0 Å². The third-order valence-corrected chi connectivity index (χ3v) is 23.3. The Morgan fingerprint density at radius 3 is 0.777 bits per heavy atom. The Kier molecular flexibility index (Phi) is 31.1. The van der Waals surface area contributed by atoms with Crippen molar-refractivity contribution in [2.75, 3.05) is 111 Å². The molecule has 130 heavy (non-hydrogen) atoms. The van der Waals surface area contributed by atoms with Gasteiger partial charge in [-0.15, -0.1) is 0 Å². The number of unbranched alkanes of at least 4 members (excludes halogenated alkanes) is 5. The van der Waals surface area contributed by atoms with Crippen molar-refractivity contribution in [3.05, 3.63) is 400 Å². The van der Waals surface area contributed by atoms with Gasteiger partial charge in [-0.3, -0.25) is 0 Å². The molecule has 660 valence electrons. The second kappa shape index (κ2) is 45.2. The highest BCUT2D eigenvalue weighted by molar-refractivity contribution is 5.84. The van der Waals surface area contributed by atoms with E-state index in [0.29, 0.717) is 33.0 Å². The highest BCUT2D eigenvalue weighted by Gasteiger charge is 2.34. The van der Waals surface area contributed by atoms with Gasteiger partial charge < -0.3 is 67.1 Å². The lowest BCUT2D eigenvalue weighted by Crippen LogP contribution is -2.43. The van der Waals surface area contributed by atoms with Crippen molar-refractivity contribution in [2.24, 2.45) is 10.8 Å². The number of ether oxygens (including phenoxy) is 9. The Hall–Kier alpha value is -13.9. The van der Waals surface area contributed by atoms with E-state index in [1.54, 1.807) is 0 Å². The number of nitrogens with zero attached hydrogens (tertiary/aromatic N) is 5. The molecule has 2 aliphatic heterocycles. The fourth-order valence-corrected chi connectivity index (χ4v) is 16.1. The first-order valence-electron chi connectivity index (χ1n) is 45.7. The third-order valence-electron chi connectivity index (χ3n) is 23.3. The maximum atomic E-state index is 6.53. The van der Waals surface area contributed by atoms with Gasteiger partial charge in [0.25, 0.3) is 0 Å². The van der Waals surface area contributed by atoms with Crippen LogP contribution in [0, 0.1) is 17.8 Å². The quantitative estimate of drug-likeness (QED) is 0.0339. The molecule has 2 fully saturated rings. The van der Waals surface area contributed by atoms with Crippen LogP contribution >= 0.6 is 0 Å². The van der Waals surface area contributed by atoms with Crippen molar-refractivity contribution in [1.29, 1.82) is 0 Å². The topological polar surface area (TPSA) is 99.3 Å². The molecular formula is C116H117N5O9. The number of para-hydroxylation sites is 5. The first kappa shape index (κ1) is 89.5. The van der Waals surface area contributed by atoms with E-state index in [1.807, 2.05) is 66.7 Å². The van der Waals surface area contributed by atoms with Gasteiger partial charge in [-0.2, -0.15) is 0 Å². The highest BCUT2D eigenvalue weighted by Crippen LogP contribution is 2.44. The minimum atomic E-state index is 0.158. The summed E-state index contributed by atoms with van der Waals surface area (Å²) >= 11 is 0. The van der Waals surface area contributed by atoms with Gasteiger partial charge in [0.1, 0.15) is 34.5 Å². The van der Waals surface area contributed by atoms with Gasteiger partial charge in [0.2, 0.25) is 0 Å². The van der Waals surface area contributed by atoms with E-state index >= 15 is 0 Å². The average Bonchev–Trinajstić information content (AvgIpc) is 0.787. The monoisotopic (exact) mass is 1720 g/mol. The molecule has 15 aromatic carbocycles. The molecule has 2 saturated heterocycles. The van der Waals surface area contributed by atoms with E-state index in [2.05, 4.69) is 380 Å². The summed E-state index contributed by atoms with van der Waals surface area (Å²) in [7, 11) is 2.06. The molecule has 0 radical (unpaired) electrons. The smallest absolute Gasteiger partial charge is 0.129 e. The summed E-state index contributed by atoms with van der Waals surface area (Å²) in [5, 5.41) is 0. The number of rotatable bonds is 43. The lowest BCUT2D eigenvalue weighted by atomic mass is 9.90. The van der Waals surface area contributed by atoms with Crippen LogP contribution in [0.15, 0.2) is 394 Å². The fraction of sp³-hybridized carbons (Fsp3) is 0.224. The lowest BCUT2D eigenvalue weighted by molar-refractivity contribution is -0.138. The Balaban J connectivity index is 0.000000204. The number of anilines is 14. The molecule has 17 rings (SSSR count). The minimum absolute atomic E-state index is 0.158. The van der Waals surface area contributed by atoms with Crippen LogP contribution in [0.5, 0.6) is 34.5 Å². The second-order valence-electron chi connectivity index (χ2n) is 34.1. The number of hydrogen-bond acceptors (Lipinski definition) is 14. The first-order chi connectivity index (χ1) is 64.0. The molecule has 0 bridgehead atoms. The molecule has 0 amide bonds. The van der Waals surface area contributed by atoms with Crippen molar-refractivity contribution in [1.82, 2.24) is 0 Å². The zero-order valence-electron chi connectivity index (χ0n) is 75.1. The second-order valence-corrected chi connectivity index (χ2v) is 34.1. The van der Waals surface area contributed by atoms with Gasteiger partial charge in [0.05, 0.1) is 66.1 Å². The SMILES string of the molecule is CN(c1cccc(OCCCCOCC2(C)COC2)c1)c1cccc(Oc2ccc(N(c3ccc(-c4ccc(N(c5ccccc5)c5ccccc5)cc4)cc3)c3cccc(OCCCCOCC4(C)COC4)c3)cc2)c1.Cc1ccc(-c2ccc(N(c3ccccc3)c3cccc(OCCCCCCOc4cccc(N(c5ccccc5)c5ccccc5)c4)c3)cc2)cc1. The third kappa shape index (κ3) is 24.7. The summed E-state index contributed by atoms with van der Waals surface area (Å²) in [6, 6.07) is 137. The minimum Gasteiger partial charge on any atom is -0.494 e. The van der Waals surface area contributed by atoms with Gasteiger partial charge in [0, 0.05) is 141 Å². The zero-order valence-corrected chi connectivity index (χ0v) is 75.1. The molecule has 0 atom stereocenters. The van der Waals surface area contributed by atoms with Crippen LogP contribution in [0.1, 0.15) is 70.8 Å². The van der Waals surface area contributed by atoms with E-state index in [4.69, 9.17) is 42.6 Å². The van der Waals surface area contributed by atoms with E-state index < -0.39 is 0 Å². The summed E-state index contributed by atoms with van der Waals surface area (Å²) in [4.78, 5) is 11.2. The molecular weight excluding hydrogens is 1610 g/mol. The van der Waals surface area contributed by atoms with Gasteiger partial charge in [-0.05, 0) is 263 Å². The standard InChI is InChI=1S/C67H71N3O7.C49H46N2O2/c1-66(48-73-49-66)46-71-39-10-12-41-75-63-24-14-21-59(43-63)68(3)60-22-15-26-65(44-60)77-62-37-35-58(36-38-62)70(61-23-16-25-64(45-61)76-42-13-11-40-72-47-67(2)50-74-51-67)57-33-29-53(30-34-57)52-27-31-56(32-28-52)69(54-17-6-4-7-18-54)55-19-8-5-9-20-55;1-39-27-29-40(30-28-39)41-31-33-45(34-32-41)51(44-21-11-6-12-22-44)47-24-16-26-49(38-47)53-36-14-3-2-13-35-52-48-25-15-23-46(37-48)50(42-17-7-4-8-18-42)43-19-9-5-10-20-43/h4-9,14-38,43-45H,10-13,39-42,46-51H2,1-3H3;4-12,15-34,37-38H,2-3,13-14,35-36H2,1H3. The van der Waals surface area contributed by atoms with Crippen molar-refractivity contribution >= 4 is 79.6 Å². The van der Waals surface area contributed by atoms with Crippen LogP contribution in [0.25, 0.3) is 22.3 Å². The van der Waals surface area contributed by atoms with Crippen LogP contribution in [0.2, 0.25) is 0 Å². The predicted molar refractivity (Wildman–Crippen MR) is 533 cm³/mol. The van der Waals surface area contributed by atoms with Crippen LogP contribution in [-0.2, 0) is 18.9 Å². The maximum Gasteiger partial charge on any atom is 0.129 e. The zero-order chi connectivity index (χ0) is 88.8. The van der Waals surface area contributed by atoms with Crippen LogP contribution in [0.4, 0.5) is 79.6 Å². The summed E-state index contributed by atoms with van der Waals surface area (Å²) in [5.41, 5.74) is 21.1. The van der Waals surface area contributed by atoms with Crippen molar-refractivity contribution in [3.8, 4) is 56.8 Å². The van der Waals surface area contributed by atoms with Crippen LogP contribution in [-0.4, -0.2) is 86.3 Å². The Morgan fingerprint density at radius 2 is 0.469 bits per heavy atom. The molecule has 0 aliphatic carbocycles. The van der Waals surface area contributed by atoms with Crippen LogP contribution < -0.4 is 48.2 Å². The normalized spacial score (nSPS) is 12.8. The van der Waals surface area contributed by atoms with Crippen LogP contribution in [0.3, 0.4) is 0 Å². The highest BCUT2D eigenvalue weighted by atomic mass is 16.5. The molecule has 15 aromatic rings. The Morgan fingerprint density at radius 1 is 0.231 bits per heavy atom. The largest absolute Gasteiger partial charge is 0.494 e. The molecule has 0 saturated carbocycles. The average molecular weight is 1730 g/mol. The summed E-state index contributed by atoms with van der Waals surface area (Å²) < 4.78 is 54.1. The van der Waals surface area contributed by atoms with E-state index in [1.165, 1.54) is 16.7 Å². The molecule has 0 aromatic heterocycles. The lowest BCUT2D eigenvalue weighted by Gasteiger charge is -2.37. The molecule has 2 aliphatic rings. The summed E-state index contributed by atoms with van der Waals surface area (Å²) in [6.07, 6.45) is 7.88. The van der Waals surface area contributed by atoms with E-state index in [9.17, 15) is 0 Å². The summed E-state index contributed by atoms with van der Waals surface area (Å²) in [5.74, 6) is 4.89. The molecule has 0 N–H and O–H groups in total. The molecule has 14 heteroatoms. The number of aryl methyl sites for hydroxylation is 1. The van der Waals surface area contributed by atoms with E-state index in [-0.39, 0.29) is 10.8 Å². The Labute approximate surface area is 768 Å². The molecule has 0 spiro atoms. The van der Waals surface area contributed by atoms with Crippen molar-refractivity contribution < 1.29 is 42.6 Å². The fourth-order valence-electron chi connectivity index (χ4n) is 16.1. The number of benzene rings is 15. The van der Waals surface area contributed by atoms with Gasteiger partial charge in [-0.1, -0.05) is 201 Å². The Bertz CT molecular complexity index is 5850. The number of hydrogen-bond donors (Lipinski definition) is 0. The predicted octanol–water partition coefficient (Wildman–Crippen LogP) is 29.9. The van der Waals surface area contributed by atoms with Gasteiger partial charge in [0.15, 0.2) is 0 Å². The van der Waals surface area contributed by atoms with Gasteiger partial charge >= 0.3 is 0 Å². The van der Waals surface area contributed by atoms with Gasteiger partial charge in [-0.25, -0.2) is 0 Å².